The maximum Gasteiger partial charge on any atom is 0.0652 e. The lowest BCUT2D eigenvalue weighted by Crippen LogP contribution is -2.42. The lowest BCUT2D eigenvalue weighted by Gasteiger charge is -2.29. The van der Waals surface area contributed by atoms with Gasteiger partial charge in [0.1, 0.15) is 0 Å². The van der Waals surface area contributed by atoms with Crippen molar-refractivity contribution in [2.24, 2.45) is 0 Å². The normalized spacial score (nSPS) is 14.3. The molecule has 3 heteroatoms. The van der Waals surface area contributed by atoms with Gasteiger partial charge in [-0.05, 0) is 38.0 Å². The van der Waals surface area contributed by atoms with E-state index in [1.165, 1.54) is 15.3 Å². The van der Waals surface area contributed by atoms with Crippen LogP contribution in [0.4, 0.5) is 0 Å². The highest BCUT2D eigenvalue weighted by atomic mass is 32.1. The van der Waals surface area contributed by atoms with E-state index in [-0.39, 0.29) is 6.61 Å². The Morgan fingerprint density at radius 2 is 1.89 bits per heavy atom. The van der Waals surface area contributed by atoms with Crippen LogP contribution in [0.15, 0.2) is 36.4 Å². The molecule has 0 fully saturated rings. The monoisotopic (exact) mass is 275 g/mol. The number of hydrogen-bond acceptors (Lipinski definition) is 3. The number of hydrogen-bond donors (Lipinski definition) is 2. The minimum atomic E-state index is -0.399. The second kappa shape index (κ2) is 5.87. The van der Waals surface area contributed by atoms with Gasteiger partial charge in [-0.15, -0.1) is 11.3 Å². The Hall–Kier alpha value is -1.16. The fourth-order valence-electron chi connectivity index (χ4n) is 2.20. The molecule has 1 unspecified atom stereocenters. The predicted molar refractivity (Wildman–Crippen MR) is 81.5 cm³/mol. The molecule has 1 aromatic heterocycles. The summed E-state index contributed by atoms with van der Waals surface area (Å²) < 4.78 is 0. The SMILES string of the molecule is Cc1cc(CNC(C)(CO)c2ccccc2)c(C)s1. The van der Waals surface area contributed by atoms with Gasteiger partial charge in [0.15, 0.2) is 0 Å². The largest absolute Gasteiger partial charge is 0.394 e. The fourth-order valence-corrected chi connectivity index (χ4v) is 3.15. The van der Waals surface area contributed by atoms with Gasteiger partial charge in [0.2, 0.25) is 0 Å². The third-order valence-electron chi connectivity index (χ3n) is 3.54. The highest BCUT2D eigenvalue weighted by Crippen LogP contribution is 2.24. The number of nitrogens with one attached hydrogen (secondary N) is 1. The van der Waals surface area contributed by atoms with E-state index in [0.29, 0.717) is 0 Å². The van der Waals surface area contributed by atoms with Crippen molar-refractivity contribution in [1.29, 1.82) is 0 Å². The first kappa shape index (κ1) is 14.3. The van der Waals surface area contributed by atoms with Crippen molar-refractivity contribution >= 4 is 11.3 Å². The van der Waals surface area contributed by atoms with Gasteiger partial charge in [0.05, 0.1) is 12.1 Å². The van der Waals surface area contributed by atoms with Gasteiger partial charge in [0, 0.05) is 16.3 Å². The van der Waals surface area contributed by atoms with Crippen LogP contribution >= 0.6 is 11.3 Å². The van der Waals surface area contributed by atoms with Gasteiger partial charge < -0.3 is 10.4 Å². The van der Waals surface area contributed by atoms with E-state index in [1.807, 2.05) is 36.5 Å². The molecule has 0 radical (unpaired) electrons. The molecule has 2 aromatic rings. The number of benzene rings is 1. The van der Waals surface area contributed by atoms with E-state index in [4.69, 9.17) is 0 Å². The molecule has 0 amide bonds. The Morgan fingerprint density at radius 1 is 1.21 bits per heavy atom. The van der Waals surface area contributed by atoms with E-state index >= 15 is 0 Å². The first-order valence-corrected chi connectivity index (χ1v) is 7.34. The summed E-state index contributed by atoms with van der Waals surface area (Å²) in [5.41, 5.74) is 2.03. The molecule has 0 spiro atoms. The van der Waals surface area contributed by atoms with Crippen LogP contribution in [0.2, 0.25) is 0 Å². The van der Waals surface area contributed by atoms with Crippen LogP contribution in [-0.2, 0) is 12.1 Å². The van der Waals surface area contributed by atoms with Crippen molar-refractivity contribution in [1.82, 2.24) is 5.32 Å². The van der Waals surface area contributed by atoms with Crippen molar-refractivity contribution in [3.8, 4) is 0 Å². The van der Waals surface area contributed by atoms with Crippen LogP contribution in [0, 0.1) is 13.8 Å². The van der Waals surface area contributed by atoms with Crippen molar-refractivity contribution in [2.45, 2.75) is 32.9 Å². The average Bonchev–Trinajstić information content (AvgIpc) is 2.75. The Bertz CT molecular complexity index is 535. The topological polar surface area (TPSA) is 32.3 Å². The van der Waals surface area contributed by atoms with Gasteiger partial charge in [-0.3, -0.25) is 0 Å². The van der Waals surface area contributed by atoms with Crippen molar-refractivity contribution in [3.63, 3.8) is 0 Å². The van der Waals surface area contributed by atoms with Crippen LogP contribution in [-0.4, -0.2) is 11.7 Å². The Morgan fingerprint density at radius 3 is 2.42 bits per heavy atom. The zero-order valence-corrected chi connectivity index (χ0v) is 12.6. The molecule has 102 valence electrons. The fraction of sp³-hybridized carbons (Fsp3) is 0.375. The summed E-state index contributed by atoms with van der Waals surface area (Å²) in [6, 6.07) is 12.3. The molecule has 0 saturated carbocycles. The van der Waals surface area contributed by atoms with Gasteiger partial charge in [-0.2, -0.15) is 0 Å². The second-order valence-electron chi connectivity index (χ2n) is 5.15. The molecule has 0 aliphatic carbocycles. The summed E-state index contributed by atoms with van der Waals surface area (Å²) >= 11 is 1.82. The third-order valence-corrected chi connectivity index (χ3v) is 4.55. The van der Waals surface area contributed by atoms with E-state index in [1.54, 1.807) is 0 Å². The Balaban J connectivity index is 2.13. The highest BCUT2D eigenvalue weighted by Gasteiger charge is 2.25. The summed E-state index contributed by atoms with van der Waals surface area (Å²) in [4.78, 5) is 2.68. The van der Waals surface area contributed by atoms with Crippen LogP contribution < -0.4 is 5.32 Å². The molecule has 0 aliphatic heterocycles. The molecular weight excluding hydrogens is 254 g/mol. The van der Waals surface area contributed by atoms with E-state index in [9.17, 15) is 5.11 Å². The smallest absolute Gasteiger partial charge is 0.0652 e. The van der Waals surface area contributed by atoms with Crippen LogP contribution in [0.5, 0.6) is 0 Å². The lowest BCUT2D eigenvalue weighted by atomic mass is 9.92. The molecule has 0 saturated heterocycles. The zero-order valence-electron chi connectivity index (χ0n) is 11.7. The highest BCUT2D eigenvalue weighted by molar-refractivity contribution is 7.12. The molecule has 1 aromatic carbocycles. The predicted octanol–water partition coefficient (Wildman–Crippen LogP) is 3.36. The number of aliphatic hydroxyl groups is 1. The van der Waals surface area contributed by atoms with Gasteiger partial charge >= 0.3 is 0 Å². The molecule has 19 heavy (non-hydrogen) atoms. The van der Waals surface area contributed by atoms with E-state index < -0.39 is 5.54 Å². The molecule has 0 aliphatic rings. The van der Waals surface area contributed by atoms with E-state index in [0.717, 1.165) is 12.1 Å². The summed E-state index contributed by atoms with van der Waals surface area (Å²) in [7, 11) is 0. The number of rotatable bonds is 5. The van der Waals surface area contributed by atoms with Crippen LogP contribution in [0.1, 0.15) is 27.8 Å². The first-order valence-electron chi connectivity index (χ1n) is 6.52. The lowest BCUT2D eigenvalue weighted by molar-refractivity contribution is 0.173. The molecule has 2 nitrogen and oxygen atoms in total. The quantitative estimate of drug-likeness (QED) is 0.877. The van der Waals surface area contributed by atoms with Crippen molar-refractivity contribution < 1.29 is 5.11 Å². The summed E-state index contributed by atoms with van der Waals surface area (Å²) in [5, 5.41) is 13.2. The maximum absolute atomic E-state index is 9.73. The number of thiophene rings is 1. The molecule has 1 heterocycles. The number of aryl methyl sites for hydroxylation is 2. The summed E-state index contributed by atoms with van der Waals surface area (Å²) in [6.07, 6.45) is 0. The van der Waals surface area contributed by atoms with E-state index in [2.05, 4.69) is 37.4 Å². The van der Waals surface area contributed by atoms with Gasteiger partial charge in [-0.25, -0.2) is 0 Å². The van der Waals surface area contributed by atoms with Crippen molar-refractivity contribution in [2.75, 3.05) is 6.61 Å². The third kappa shape index (κ3) is 3.24. The standard InChI is InChI=1S/C16H21NOS/c1-12-9-14(13(2)19-12)10-17-16(3,11-18)15-7-5-4-6-8-15/h4-9,17-18H,10-11H2,1-3H3. The van der Waals surface area contributed by atoms with Gasteiger partial charge in [0.25, 0.3) is 0 Å². The Labute approximate surface area is 119 Å². The first-order chi connectivity index (χ1) is 9.05. The molecule has 1 atom stereocenters. The summed E-state index contributed by atoms with van der Waals surface area (Å²) in [6.45, 7) is 7.18. The van der Waals surface area contributed by atoms with Crippen molar-refractivity contribution in [3.05, 3.63) is 57.3 Å². The zero-order chi connectivity index (χ0) is 13.9. The van der Waals surface area contributed by atoms with Crippen LogP contribution in [0.3, 0.4) is 0 Å². The maximum atomic E-state index is 9.73. The average molecular weight is 275 g/mol. The molecule has 0 bridgehead atoms. The van der Waals surface area contributed by atoms with Crippen LogP contribution in [0.25, 0.3) is 0 Å². The molecular formula is C16H21NOS. The van der Waals surface area contributed by atoms with Gasteiger partial charge in [-0.1, -0.05) is 30.3 Å². The minimum Gasteiger partial charge on any atom is -0.394 e. The Kier molecular flexibility index (Phi) is 4.40. The second-order valence-corrected chi connectivity index (χ2v) is 6.61. The molecule has 2 rings (SSSR count). The molecule has 2 N–H and O–H groups in total. The number of aliphatic hydroxyl groups excluding tert-OH is 1. The minimum absolute atomic E-state index is 0.0825. The summed E-state index contributed by atoms with van der Waals surface area (Å²) in [5.74, 6) is 0.